The van der Waals surface area contributed by atoms with Gasteiger partial charge in [-0.15, -0.1) is 0 Å². The van der Waals surface area contributed by atoms with Crippen LogP contribution < -0.4 is 0 Å². The monoisotopic (exact) mass is 162 g/mol. The molecular formula is C9H23P. The number of hydrogen-bond acceptors (Lipinski definition) is 0. The van der Waals surface area contributed by atoms with Crippen LogP contribution in [0.5, 0.6) is 0 Å². The second kappa shape index (κ2) is 2.81. The van der Waals surface area contributed by atoms with E-state index in [1.807, 2.05) is 0 Å². The molecule has 10 heavy (non-hydrogen) atoms. The number of rotatable bonds is 3. The molecule has 0 saturated heterocycles. The van der Waals surface area contributed by atoms with Crippen molar-refractivity contribution in [1.29, 1.82) is 0 Å². The summed E-state index contributed by atoms with van der Waals surface area (Å²) in [6.45, 7) is 13.3. The second-order valence-corrected chi connectivity index (χ2v) is 12.5. The van der Waals surface area contributed by atoms with Crippen molar-refractivity contribution < 1.29 is 0 Å². The van der Waals surface area contributed by atoms with Gasteiger partial charge in [-0.05, 0) is 0 Å². The SMILES string of the molecule is CCP(C)(C)(CC)C(C)C. The summed E-state index contributed by atoms with van der Waals surface area (Å²) in [7, 11) is 0. The summed E-state index contributed by atoms with van der Waals surface area (Å²) in [4.78, 5) is 0. The van der Waals surface area contributed by atoms with Crippen molar-refractivity contribution in [3.63, 3.8) is 0 Å². The van der Waals surface area contributed by atoms with Crippen LogP contribution in [-0.4, -0.2) is 31.3 Å². The molecule has 0 aliphatic rings. The summed E-state index contributed by atoms with van der Waals surface area (Å²) in [5.41, 5.74) is 0.904. The molecule has 0 atom stereocenters. The van der Waals surface area contributed by atoms with Crippen LogP contribution >= 0.6 is 6.60 Å². The molecule has 0 aromatic heterocycles. The molecule has 0 unspecified atom stereocenters. The van der Waals surface area contributed by atoms with Gasteiger partial charge in [-0.25, -0.2) is 0 Å². The first-order valence-electron chi connectivity index (χ1n) is 4.35. The van der Waals surface area contributed by atoms with E-state index in [0.717, 1.165) is 5.66 Å². The Kier molecular flexibility index (Phi) is 2.94. The summed E-state index contributed by atoms with van der Waals surface area (Å²) in [5.74, 6) is 0. The Balaban J connectivity index is 4.51. The van der Waals surface area contributed by atoms with Gasteiger partial charge in [-0.1, -0.05) is 0 Å². The first-order valence-corrected chi connectivity index (χ1v) is 7.92. The molecule has 0 bridgehead atoms. The molecule has 0 saturated carbocycles. The van der Waals surface area contributed by atoms with Crippen LogP contribution in [0.4, 0.5) is 0 Å². The maximum absolute atomic E-state index is 2.52. The third-order valence-corrected chi connectivity index (χ3v) is 11.5. The van der Waals surface area contributed by atoms with Gasteiger partial charge in [0.15, 0.2) is 0 Å². The zero-order valence-corrected chi connectivity index (χ0v) is 9.33. The minimum absolute atomic E-state index is 0.904. The number of hydrogen-bond donors (Lipinski definition) is 0. The third-order valence-electron chi connectivity index (χ3n) is 3.84. The van der Waals surface area contributed by atoms with E-state index in [1.165, 1.54) is 12.3 Å². The fraction of sp³-hybridized carbons (Fsp3) is 1.00. The van der Waals surface area contributed by atoms with Gasteiger partial charge in [-0.3, -0.25) is 0 Å². The molecule has 0 aromatic carbocycles. The van der Waals surface area contributed by atoms with Gasteiger partial charge < -0.3 is 0 Å². The van der Waals surface area contributed by atoms with Gasteiger partial charge in [0, 0.05) is 0 Å². The van der Waals surface area contributed by atoms with Crippen LogP contribution in [0.1, 0.15) is 27.7 Å². The van der Waals surface area contributed by atoms with Crippen molar-refractivity contribution >= 4 is 6.60 Å². The van der Waals surface area contributed by atoms with E-state index < -0.39 is 6.60 Å². The molecule has 0 amide bonds. The van der Waals surface area contributed by atoms with Gasteiger partial charge in [-0.2, -0.15) is 0 Å². The van der Waals surface area contributed by atoms with Crippen LogP contribution in [0.2, 0.25) is 0 Å². The van der Waals surface area contributed by atoms with E-state index >= 15 is 0 Å². The van der Waals surface area contributed by atoms with Crippen molar-refractivity contribution in [2.45, 2.75) is 33.4 Å². The summed E-state index contributed by atoms with van der Waals surface area (Å²) in [6, 6.07) is 0. The molecule has 0 aliphatic carbocycles. The fourth-order valence-corrected chi connectivity index (χ4v) is 2.86. The van der Waals surface area contributed by atoms with Crippen molar-refractivity contribution in [3.8, 4) is 0 Å². The van der Waals surface area contributed by atoms with Crippen LogP contribution in [0, 0.1) is 0 Å². The van der Waals surface area contributed by atoms with Crippen molar-refractivity contribution in [2.24, 2.45) is 0 Å². The third kappa shape index (κ3) is 1.72. The average Bonchev–Trinajstić information content (AvgIpc) is 1.89. The molecule has 0 spiro atoms. The summed E-state index contributed by atoms with van der Waals surface area (Å²) in [6.07, 6.45) is 2.81. The Hall–Kier alpha value is 0.430. The molecule has 0 fully saturated rings. The Morgan fingerprint density at radius 2 is 1.30 bits per heavy atom. The Labute approximate surface area is 66.3 Å². The van der Waals surface area contributed by atoms with E-state index in [1.54, 1.807) is 0 Å². The molecule has 1 heteroatoms. The molecule has 0 radical (unpaired) electrons. The van der Waals surface area contributed by atoms with Gasteiger partial charge in [0.1, 0.15) is 0 Å². The van der Waals surface area contributed by atoms with Crippen LogP contribution in [-0.2, 0) is 0 Å². The Bertz CT molecular complexity index is 106. The molecule has 64 valence electrons. The molecular weight excluding hydrogens is 139 g/mol. The van der Waals surface area contributed by atoms with Crippen molar-refractivity contribution in [3.05, 3.63) is 0 Å². The van der Waals surface area contributed by atoms with Crippen molar-refractivity contribution in [2.75, 3.05) is 25.7 Å². The first-order chi connectivity index (χ1) is 4.35. The van der Waals surface area contributed by atoms with Gasteiger partial charge >= 0.3 is 65.6 Å². The van der Waals surface area contributed by atoms with Gasteiger partial charge in [0.2, 0.25) is 0 Å². The topological polar surface area (TPSA) is 0 Å². The summed E-state index contributed by atoms with van der Waals surface area (Å²) < 4.78 is 0. The predicted molar refractivity (Wildman–Crippen MR) is 55.0 cm³/mol. The van der Waals surface area contributed by atoms with E-state index in [4.69, 9.17) is 0 Å². The molecule has 0 heterocycles. The zero-order chi connectivity index (χ0) is 8.44. The van der Waals surface area contributed by atoms with Crippen LogP contribution in [0.25, 0.3) is 0 Å². The molecule has 0 nitrogen and oxygen atoms in total. The summed E-state index contributed by atoms with van der Waals surface area (Å²) in [5, 5.41) is 0. The Morgan fingerprint density at radius 3 is 1.30 bits per heavy atom. The van der Waals surface area contributed by atoms with Crippen molar-refractivity contribution in [1.82, 2.24) is 0 Å². The van der Waals surface area contributed by atoms with E-state index in [2.05, 4.69) is 41.0 Å². The fourth-order valence-electron chi connectivity index (χ4n) is 0.954. The molecule has 0 N–H and O–H groups in total. The molecule has 0 aromatic rings. The molecule has 0 rings (SSSR count). The van der Waals surface area contributed by atoms with Gasteiger partial charge in [0.25, 0.3) is 0 Å². The van der Waals surface area contributed by atoms with E-state index in [0.29, 0.717) is 0 Å². The first kappa shape index (κ1) is 10.4. The quantitative estimate of drug-likeness (QED) is 0.559. The standard InChI is InChI=1S/C9H23P/c1-7-10(5,6,8-2)9(3)4/h9H,7-8H2,1-6H3. The zero-order valence-electron chi connectivity index (χ0n) is 8.44. The van der Waals surface area contributed by atoms with E-state index in [-0.39, 0.29) is 0 Å². The minimum atomic E-state index is -1.24. The van der Waals surface area contributed by atoms with E-state index in [9.17, 15) is 0 Å². The summed E-state index contributed by atoms with van der Waals surface area (Å²) >= 11 is 0. The van der Waals surface area contributed by atoms with Crippen LogP contribution in [0.3, 0.4) is 0 Å². The maximum atomic E-state index is 2.52. The Morgan fingerprint density at radius 1 is 1.00 bits per heavy atom. The molecule has 0 aliphatic heterocycles. The average molecular weight is 162 g/mol. The normalized spacial score (nSPS) is 16.9. The van der Waals surface area contributed by atoms with Gasteiger partial charge in [0.05, 0.1) is 0 Å². The second-order valence-electron chi connectivity index (χ2n) is 4.54. The van der Waals surface area contributed by atoms with Crippen LogP contribution in [0.15, 0.2) is 0 Å². The predicted octanol–water partition coefficient (Wildman–Crippen LogP) is 3.25.